The van der Waals surface area contributed by atoms with Crippen molar-refractivity contribution in [3.8, 4) is 0 Å². The van der Waals surface area contributed by atoms with Crippen molar-refractivity contribution < 1.29 is 4.79 Å². The molecule has 0 saturated carbocycles. The van der Waals surface area contributed by atoms with Crippen LogP contribution in [-0.2, 0) is 5.75 Å². The van der Waals surface area contributed by atoms with Crippen molar-refractivity contribution in [3.63, 3.8) is 0 Å². The fraction of sp³-hybridized carbons (Fsp3) is 0.500. The largest absolute Gasteiger partial charge is 0.294 e. The van der Waals surface area contributed by atoms with E-state index < -0.39 is 0 Å². The molecule has 0 spiro atoms. The van der Waals surface area contributed by atoms with Crippen LogP contribution in [0.3, 0.4) is 0 Å². The van der Waals surface area contributed by atoms with Gasteiger partial charge in [0.25, 0.3) is 0 Å². The lowest BCUT2D eigenvalue weighted by Crippen LogP contribution is -2.07. The van der Waals surface area contributed by atoms with Gasteiger partial charge in [-0.05, 0) is 29.2 Å². The van der Waals surface area contributed by atoms with E-state index in [2.05, 4.69) is 26.0 Å². The van der Waals surface area contributed by atoms with Crippen molar-refractivity contribution in [2.75, 3.05) is 5.75 Å². The van der Waals surface area contributed by atoms with E-state index in [1.54, 1.807) is 0 Å². The van der Waals surface area contributed by atoms with Gasteiger partial charge >= 0.3 is 0 Å². The molecule has 1 heterocycles. The van der Waals surface area contributed by atoms with Gasteiger partial charge in [-0.25, -0.2) is 0 Å². The van der Waals surface area contributed by atoms with Crippen LogP contribution in [0.25, 0.3) is 0 Å². The van der Waals surface area contributed by atoms with Crippen molar-refractivity contribution in [2.24, 2.45) is 0 Å². The summed E-state index contributed by atoms with van der Waals surface area (Å²) >= 11 is 1.94. The Bertz CT molecular complexity index is 396. The van der Waals surface area contributed by atoms with Crippen molar-refractivity contribution >= 4 is 17.5 Å². The highest BCUT2D eigenvalue weighted by Gasteiger charge is 2.15. The number of carbonyl (C=O) groups excluding carboxylic acids is 1. The van der Waals surface area contributed by atoms with Crippen molar-refractivity contribution in [3.05, 3.63) is 34.9 Å². The van der Waals surface area contributed by atoms with Crippen LogP contribution in [0.2, 0.25) is 0 Å². The van der Waals surface area contributed by atoms with Gasteiger partial charge < -0.3 is 0 Å². The number of Topliss-reactive ketones (excluding diaryl/α,β-unsaturated/α-hetero) is 1. The second-order valence-corrected chi connectivity index (χ2v) is 5.76. The van der Waals surface area contributed by atoms with E-state index >= 15 is 0 Å². The molecule has 86 valence electrons. The molecule has 2 heteroatoms. The topological polar surface area (TPSA) is 17.1 Å². The first kappa shape index (κ1) is 11.7. The molecular weight excluding hydrogens is 216 g/mol. The number of carbonyl (C=O) groups is 1. The van der Waals surface area contributed by atoms with Gasteiger partial charge in [0.1, 0.15) is 0 Å². The predicted octanol–water partition coefficient (Wildman–Crippen LogP) is 4.02. The molecule has 0 N–H and O–H groups in total. The van der Waals surface area contributed by atoms with Crippen LogP contribution in [0.4, 0.5) is 0 Å². The van der Waals surface area contributed by atoms with E-state index in [9.17, 15) is 4.79 Å². The van der Waals surface area contributed by atoms with Crippen LogP contribution >= 0.6 is 11.8 Å². The first-order chi connectivity index (χ1) is 7.68. The molecule has 0 unspecified atom stereocenters. The van der Waals surface area contributed by atoms with Gasteiger partial charge in [-0.1, -0.05) is 32.0 Å². The van der Waals surface area contributed by atoms with E-state index in [-0.39, 0.29) is 0 Å². The maximum atomic E-state index is 11.9. The predicted molar refractivity (Wildman–Crippen MR) is 70.3 cm³/mol. The zero-order valence-corrected chi connectivity index (χ0v) is 10.8. The first-order valence-electron chi connectivity index (χ1n) is 5.92. The molecule has 2 rings (SSSR count). The van der Waals surface area contributed by atoms with Gasteiger partial charge in [0.05, 0.1) is 0 Å². The zero-order chi connectivity index (χ0) is 11.5. The minimum Gasteiger partial charge on any atom is -0.294 e. The highest BCUT2D eigenvalue weighted by Crippen LogP contribution is 2.26. The molecule has 1 aliphatic heterocycles. The molecule has 0 aromatic heterocycles. The molecule has 1 aliphatic rings. The Balaban J connectivity index is 2.38. The summed E-state index contributed by atoms with van der Waals surface area (Å²) in [7, 11) is 0. The number of hydrogen-bond acceptors (Lipinski definition) is 2. The summed E-state index contributed by atoms with van der Waals surface area (Å²) in [6.07, 6.45) is 1.73. The van der Waals surface area contributed by atoms with E-state index in [0.29, 0.717) is 18.1 Å². The van der Waals surface area contributed by atoms with Crippen molar-refractivity contribution in [1.29, 1.82) is 0 Å². The van der Waals surface area contributed by atoms with E-state index in [0.717, 1.165) is 23.5 Å². The van der Waals surface area contributed by atoms with Crippen molar-refractivity contribution in [1.82, 2.24) is 0 Å². The average Bonchev–Trinajstić information content (AvgIpc) is 2.25. The maximum absolute atomic E-state index is 11.9. The Morgan fingerprint density at radius 3 is 2.88 bits per heavy atom. The van der Waals surface area contributed by atoms with Crippen LogP contribution in [0.5, 0.6) is 0 Å². The Hall–Kier alpha value is -0.760. The van der Waals surface area contributed by atoms with E-state index in [1.807, 2.05) is 17.8 Å². The van der Waals surface area contributed by atoms with Crippen molar-refractivity contribution in [2.45, 2.75) is 38.4 Å². The lowest BCUT2D eigenvalue weighted by molar-refractivity contribution is 0.0981. The molecule has 0 atom stereocenters. The van der Waals surface area contributed by atoms with Crippen LogP contribution < -0.4 is 0 Å². The molecular formula is C14H18OS. The average molecular weight is 234 g/mol. The van der Waals surface area contributed by atoms with Gasteiger partial charge in [-0.3, -0.25) is 4.79 Å². The molecule has 16 heavy (non-hydrogen) atoms. The molecule has 1 aromatic carbocycles. The molecule has 0 bridgehead atoms. The van der Waals surface area contributed by atoms with Gasteiger partial charge in [0.15, 0.2) is 5.78 Å². The van der Waals surface area contributed by atoms with Gasteiger partial charge in [-0.2, -0.15) is 11.8 Å². The van der Waals surface area contributed by atoms with E-state index in [4.69, 9.17) is 0 Å². The highest BCUT2D eigenvalue weighted by molar-refractivity contribution is 7.98. The van der Waals surface area contributed by atoms with E-state index in [1.165, 1.54) is 11.1 Å². The number of benzene rings is 1. The second-order valence-electron chi connectivity index (χ2n) is 4.65. The quantitative estimate of drug-likeness (QED) is 0.730. The number of rotatable bonds is 1. The standard InChI is InChI=1S/C14H18OS/c1-10(2)11-5-6-13-12(8-11)9-16-7-3-4-14(13)15/h5-6,8,10H,3-4,7,9H2,1-2H3. The van der Waals surface area contributed by atoms with Gasteiger partial charge in [0.2, 0.25) is 0 Å². The number of thioether (sulfide) groups is 1. The van der Waals surface area contributed by atoms with Crippen LogP contribution in [0.15, 0.2) is 18.2 Å². The number of hydrogen-bond donors (Lipinski definition) is 0. The molecule has 1 aromatic rings. The fourth-order valence-corrected chi connectivity index (χ4v) is 2.97. The third kappa shape index (κ3) is 2.49. The molecule has 0 saturated heterocycles. The molecule has 1 nitrogen and oxygen atoms in total. The second kappa shape index (κ2) is 5.05. The molecule has 0 amide bonds. The summed E-state index contributed by atoms with van der Waals surface area (Å²) in [6, 6.07) is 6.35. The highest BCUT2D eigenvalue weighted by atomic mass is 32.2. The SMILES string of the molecule is CC(C)c1ccc2c(c1)CSCCCC2=O. The monoisotopic (exact) mass is 234 g/mol. The van der Waals surface area contributed by atoms with Crippen LogP contribution in [0.1, 0.15) is 54.1 Å². The Labute approximate surface area is 102 Å². The minimum absolute atomic E-state index is 0.325. The first-order valence-corrected chi connectivity index (χ1v) is 7.07. The minimum atomic E-state index is 0.325. The summed E-state index contributed by atoms with van der Waals surface area (Å²) in [4.78, 5) is 11.9. The summed E-state index contributed by atoms with van der Waals surface area (Å²) < 4.78 is 0. The molecule has 0 aliphatic carbocycles. The zero-order valence-electron chi connectivity index (χ0n) is 9.95. The van der Waals surface area contributed by atoms with Crippen LogP contribution in [-0.4, -0.2) is 11.5 Å². The summed E-state index contributed by atoms with van der Waals surface area (Å²) in [6.45, 7) is 4.39. The third-order valence-electron chi connectivity index (χ3n) is 3.05. The van der Waals surface area contributed by atoms with Gasteiger partial charge in [-0.15, -0.1) is 0 Å². The Morgan fingerprint density at radius 1 is 1.31 bits per heavy atom. The smallest absolute Gasteiger partial charge is 0.163 e. The number of ketones is 1. The van der Waals surface area contributed by atoms with Crippen LogP contribution in [0, 0.1) is 0 Å². The summed E-state index contributed by atoms with van der Waals surface area (Å²) in [5.74, 6) is 2.96. The maximum Gasteiger partial charge on any atom is 0.163 e. The normalized spacial score (nSPS) is 16.8. The van der Waals surface area contributed by atoms with Gasteiger partial charge in [0, 0.05) is 17.7 Å². The fourth-order valence-electron chi connectivity index (χ4n) is 2.02. The Morgan fingerprint density at radius 2 is 2.12 bits per heavy atom. The number of fused-ring (bicyclic) bond motifs is 1. The summed E-state index contributed by atoms with van der Waals surface area (Å²) in [5, 5.41) is 0. The Kier molecular flexibility index (Phi) is 3.70. The lowest BCUT2D eigenvalue weighted by Gasteiger charge is -2.15. The third-order valence-corrected chi connectivity index (χ3v) is 4.14. The lowest BCUT2D eigenvalue weighted by atomic mass is 9.95. The summed E-state index contributed by atoms with van der Waals surface area (Å²) in [5.41, 5.74) is 3.53. The molecule has 0 radical (unpaired) electrons. The molecule has 0 fully saturated rings.